The van der Waals surface area contributed by atoms with Gasteiger partial charge >= 0.3 is 0 Å². The maximum Gasteiger partial charge on any atom is 0.247 e. The average Bonchev–Trinajstić information content (AvgIpc) is 2.94. The van der Waals surface area contributed by atoms with E-state index in [2.05, 4.69) is 32.6 Å². The molecule has 2 saturated heterocycles. The Labute approximate surface area is 149 Å². The highest BCUT2D eigenvalue weighted by Crippen LogP contribution is 2.36. The Hall–Kier alpha value is -2.08. The second kappa shape index (κ2) is 7.44. The molecule has 136 valence electrons. The summed E-state index contributed by atoms with van der Waals surface area (Å²) in [4.78, 5) is 28.7. The van der Waals surface area contributed by atoms with Crippen LogP contribution >= 0.6 is 0 Å². The van der Waals surface area contributed by atoms with Crippen molar-refractivity contribution in [2.45, 2.75) is 44.7 Å². The highest BCUT2D eigenvalue weighted by Gasteiger charge is 2.50. The van der Waals surface area contributed by atoms with E-state index in [9.17, 15) is 9.59 Å². The maximum atomic E-state index is 12.6. The molecule has 1 aromatic rings. The molecule has 0 saturated carbocycles. The van der Waals surface area contributed by atoms with E-state index in [1.54, 1.807) is 0 Å². The molecule has 1 spiro atoms. The van der Waals surface area contributed by atoms with E-state index in [0.717, 1.165) is 38.2 Å². The fourth-order valence-corrected chi connectivity index (χ4v) is 3.95. The number of piperidine rings is 1. The molecular weight excluding hydrogens is 316 g/mol. The lowest BCUT2D eigenvalue weighted by atomic mass is 9.85. The maximum absolute atomic E-state index is 12.6. The first-order chi connectivity index (χ1) is 12.0. The van der Waals surface area contributed by atoms with Crippen LogP contribution < -0.4 is 15.5 Å². The molecule has 2 fully saturated rings. The molecule has 0 bridgehead atoms. The van der Waals surface area contributed by atoms with Crippen molar-refractivity contribution >= 4 is 17.5 Å². The average molecular weight is 344 g/mol. The molecule has 0 aliphatic carbocycles. The number of hydrogen-bond acceptors (Lipinski definition) is 4. The summed E-state index contributed by atoms with van der Waals surface area (Å²) in [6.45, 7) is 7.03. The number of nitrogens with one attached hydrogen (secondary N) is 2. The second-order valence-corrected chi connectivity index (χ2v) is 7.08. The predicted molar refractivity (Wildman–Crippen MR) is 98.2 cm³/mol. The van der Waals surface area contributed by atoms with Crippen molar-refractivity contribution in [3.63, 3.8) is 0 Å². The van der Waals surface area contributed by atoms with Crippen molar-refractivity contribution in [3.8, 4) is 0 Å². The molecule has 0 radical (unpaired) electrons. The van der Waals surface area contributed by atoms with Crippen molar-refractivity contribution in [1.82, 2.24) is 15.5 Å². The number of carbonyl (C=O) groups is 2. The summed E-state index contributed by atoms with van der Waals surface area (Å²) in [5.74, 6) is 0.231. The van der Waals surface area contributed by atoms with Crippen LogP contribution in [0.1, 0.15) is 33.1 Å². The number of para-hydroxylation sites is 1. The fourth-order valence-electron chi connectivity index (χ4n) is 3.95. The zero-order valence-electron chi connectivity index (χ0n) is 15.1. The Morgan fingerprint density at radius 2 is 1.96 bits per heavy atom. The Morgan fingerprint density at radius 3 is 2.60 bits per heavy atom. The van der Waals surface area contributed by atoms with E-state index < -0.39 is 5.54 Å². The van der Waals surface area contributed by atoms with Crippen molar-refractivity contribution < 1.29 is 9.59 Å². The third kappa shape index (κ3) is 3.63. The van der Waals surface area contributed by atoms with E-state index in [0.29, 0.717) is 13.1 Å². The summed E-state index contributed by atoms with van der Waals surface area (Å²) < 4.78 is 0. The molecular formula is C19H28N4O2. The Bertz CT molecular complexity index is 611. The zero-order valence-corrected chi connectivity index (χ0v) is 15.1. The number of anilines is 1. The molecule has 0 aromatic heterocycles. The molecule has 2 amide bonds. The lowest BCUT2D eigenvalue weighted by molar-refractivity contribution is -0.125. The van der Waals surface area contributed by atoms with E-state index >= 15 is 0 Å². The lowest BCUT2D eigenvalue weighted by Crippen LogP contribution is -2.57. The molecule has 2 aliphatic heterocycles. The molecule has 6 heteroatoms. The molecule has 2 heterocycles. The van der Waals surface area contributed by atoms with Gasteiger partial charge in [0.2, 0.25) is 11.8 Å². The number of amides is 2. The minimum atomic E-state index is -0.437. The summed E-state index contributed by atoms with van der Waals surface area (Å²) >= 11 is 0. The highest BCUT2D eigenvalue weighted by atomic mass is 16.2. The number of nitrogens with zero attached hydrogens (tertiary/aromatic N) is 2. The van der Waals surface area contributed by atoms with Crippen molar-refractivity contribution in [3.05, 3.63) is 30.3 Å². The van der Waals surface area contributed by atoms with Gasteiger partial charge in [0.1, 0.15) is 5.54 Å². The monoisotopic (exact) mass is 344 g/mol. The van der Waals surface area contributed by atoms with Gasteiger partial charge < -0.3 is 20.4 Å². The summed E-state index contributed by atoms with van der Waals surface area (Å²) in [5.41, 5.74) is 0.659. The van der Waals surface area contributed by atoms with E-state index in [1.165, 1.54) is 0 Å². The van der Waals surface area contributed by atoms with E-state index in [1.807, 2.05) is 32.0 Å². The van der Waals surface area contributed by atoms with Gasteiger partial charge in [0.25, 0.3) is 0 Å². The first-order valence-corrected chi connectivity index (χ1v) is 9.18. The fraction of sp³-hybridized carbons (Fsp3) is 0.579. The van der Waals surface area contributed by atoms with Crippen LogP contribution in [-0.4, -0.2) is 54.6 Å². The van der Waals surface area contributed by atoms with Gasteiger partial charge in [-0.2, -0.15) is 0 Å². The van der Waals surface area contributed by atoms with E-state index in [4.69, 9.17) is 0 Å². The zero-order chi connectivity index (χ0) is 17.9. The Kier molecular flexibility index (Phi) is 5.27. The third-order valence-electron chi connectivity index (χ3n) is 5.35. The highest BCUT2D eigenvalue weighted by molar-refractivity contribution is 5.93. The predicted octanol–water partition coefficient (Wildman–Crippen LogP) is 1.33. The second-order valence-electron chi connectivity index (χ2n) is 7.08. The number of rotatable bonds is 5. The van der Waals surface area contributed by atoms with Gasteiger partial charge in [-0.05, 0) is 31.9 Å². The lowest BCUT2D eigenvalue weighted by Gasteiger charge is -2.43. The van der Waals surface area contributed by atoms with Crippen molar-refractivity contribution in [2.75, 3.05) is 31.2 Å². The van der Waals surface area contributed by atoms with Gasteiger partial charge in [0.05, 0.1) is 6.67 Å². The molecule has 0 unspecified atom stereocenters. The number of carbonyl (C=O) groups excluding carboxylic acids is 2. The van der Waals surface area contributed by atoms with Crippen molar-refractivity contribution in [2.24, 2.45) is 0 Å². The standard InChI is InChI=1S/C19H28N4O2/c1-3-17(24)21-15(2)13-22-11-9-19(10-12-22)18(25)20-14-23(19)16-7-5-4-6-8-16/h4-8,15H,3,9-14H2,1-2H3,(H,20,25)(H,21,24)/t15-/m0/s1. The molecule has 2 N–H and O–H groups in total. The molecule has 25 heavy (non-hydrogen) atoms. The first-order valence-electron chi connectivity index (χ1n) is 9.18. The molecule has 6 nitrogen and oxygen atoms in total. The summed E-state index contributed by atoms with van der Waals surface area (Å²) in [7, 11) is 0. The topological polar surface area (TPSA) is 64.7 Å². The quantitative estimate of drug-likeness (QED) is 0.846. The van der Waals surface area contributed by atoms with Gasteiger partial charge in [-0.1, -0.05) is 25.1 Å². The minimum Gasteiger partial charge on any atom is -0.352 e. The van der Waals surface area contributed by atoms with Crippen LogP contribution in [0.5, 0.6) is 0 Å². The van der Waals surface area contributed by atoms with Crippen LogP contribution in [-0.2, 0) is 9.59 Å². The third-order valence-corrected chi connectivity index (χ3v) is 5.35. The van der Waals surface area contributed by atoms with Crippen LogP contribution in [0.3, 0.4) is 0 Å². The first kappa shape index (κ1) is 17.7. The van der Waals surface area contributed by atoms with E-state index in [-0.39, 0.29) is 17.9 Å². The number of likely N-dealkylation sites (tertiary alicyclic amines) is 1. The number of hydrogen-bond donors (Lipinski definition) is 2. The van der Waals surface area contributed by atoms with Crippen LogP contribution in [0, 0.1) is 0 Å². The smallest absolute Gasteiger partial charge is 0.247 e. The number of benzene rings is 1. The van der Waals surface area contributed by atoms with Gasteiger partial charge in [0.15, 0.2) is 0 Å². The van der Waals surface area contributed by atoms with Crippen LogP contribution in [0.2, 0.25) is 0 Å². The summed E-state index contributed by atoms with van der Waals surface area (Å²) in [5, 5.41) is 6.04. The largest absolute Gasteiger partial charge is 0.352 e. The molecule has 1 atom stereocenters. The Balaban J connectivity index is 1.63. The molecule has 1 aromatic carbocycles. The van der Waals surface area contributed by atoms with Crippen LogP contribution in [0.25, 0.3) is 0 Å². The van der Waals surface area contributed by atoms with Crippen LogP contribution in [0.15, 0.2) is 30.3 Å². The minimum absolute atomic E-state index is 0.0893. The SMILES string of the molecule is CCC(=O)N[C@@H](C)CN1CCC2(CC1)C(=O)NCN2c1ccccc1. The van der Waals surface area contributed by atoms with Gasteiger partial charge in [-0.15, -0.1) is 0 Å². The normalized spacial score (nSPS) is 21.2. The van der Waals surface area contributed by atoms with Crippen LogP contribution in [0.4, 0.5) is 5.69 Å². The van der Waals surface area contributed by atoms with Gasteiger partial charge in [-0.25, -0.2) is 0 Å². The Morgan fingerprint density at radius 1 is 1.28 bits per heavy atom. The summed E-state index contributed by atoms with van der Waals surface area (Å²) in [6, 6.07) is 10.3. The molecule has 2 aliphatic rings. The molecule has 3 rings (SSSR count). The van der Waals surface area contributed by atoms with Crippen molar-refractivity contribution in [1.29, 1.82) is 0 Å². The van der Waals surface area contributed by atoms with Gasteiger partial charge in [0, 0.05) is 37.8 Å². The van der Waals surface area contributed by atoms with Gasteiger partial charge in [-0.3, -0.25) is 9.59 Å². The summed E-state index contributed by atoms with van der Waals surface area (Å²) in [6.07, 6.45) is 2.13.